The van der Waals surface area contributed by atoms with Crippen LogP contribution in [0.5, 0.6) is 0 Å². The van der Waals surface area contributed by atoms with Crippen molar-refractivity contribution in [2.75, 3.05) is 13.1 Å². The molecule has 1 N–H and O–H groups in total. The highest BCUT2D eigenvalue weighted by molar-refractivity contribution is 5.92. The van der Waals surface area contributed by atoms with Crippen molar-refractivity contribution in [1.29, 1.82) is 0 Å². The first-order valence-corrected chi connectivity index (χ1v) is 11.2. The molecule has 4 heterocycles. The number of amides is 1. The number of aryl methyl sites for hydroxylation is 1. The molecule has 0 radical (unpaired) electrons. The molecule has 8 heteroatoms. The van der Waals surface area contributed by atoms with Gasteiger partial charge in [0.1, 0.15) is 11.5 Å². The Hall–Kier alpha value is -3.78. The molecule has 0 aliphatic carbocycles. The zero-order valence-electron chi connectivity index (χ0n) is 18.6. The van der Waals surface area contributed by atoms with Crippen LogP contribution in [-0.2, 0) is 26.6 Å². The molecular formula is C25H27N7O. The summed E-state index contributed by atoms with van der Waals surface area (Å²) in [7, 11) is 1.86. The lowest BCUT2D eigenvalue weighted by atomic mass is 10.0. The molecule has 3 aromatic heterocycles. The molecule has 168 valence electrons. The molecule has 1 aliphatic heterocycles. The molecule has 1 aromatic carbocycles. The highest BCUT2D eigenvalue weighted by Crippen LogP contribution is 2.31. The van der Waals surface area contributed by atoms with E-state index in [0.29, 0.717) is 12.2 Å². The SMILES string of the molecule is Cn1cc(CNC(=O)c2cn3c(n2)C(c2ccccc2)N(CCc2cccnc2)CC3)cn1. The van der Waals surface area contributed by atoms with Crippen LogP contribution in [0.25, 0.3) is 0 Å². The van der Waals surface area contributed by atoms with E-state index in [4.69, 9.17) is 4.98 Å². The number of carbonyl (C=O) groups excluding carboxylic acids is 1. The van der Waals surface area contributed by atoms with Crippen molar-refractivity contribution in [3.63, 3.8) is 0 Å². The summed E-state index contributed by atoms with van der Waals surface area (Å²) in [4.78, 5) is 24.3. The number of hydrogen-bond acceptors (Lipinski definition) is 5. The number of fused-ring (bicyclic) bond motifs is 1. The molecule has 1 atom stereocenters. The van der Waals surface area contributed by atoms with Crippen LogP contribution >= 0.6 is 0 Å². The van der Waals surface area contributed by atoms with Crippen molar-refractivity contribution >= 4 is 5.91 Å². The van der Waals surface area contributed by atoms with E-state index in [1.54, 1.807) is 17.1 Å². The zero-order chi connectivity index (χ0) is 22.6. The van der Waals surface area contributed by atoms with Gasteiger partial charge in [-0.3, -0.25) is 19.4 Å². The van der Waals surface area contributed by atoms with Gasteiger partial charge in [0.05, 0.1) is 12.2 Å². The monoisotopic (exact) mass is 441 g/mol. The van der Waals surface area contributed by atoms with Gasteiger partial charge in [0.2, 0.25) is 0 Å². The normalized spacial score (nSPS) is 15.8. The third-order valence-electron chi connectivity index (χ3n) is 6.02. The maximum atomic E-state index is 12.8. The number of benzene rings is 1. The minimum Gasteiger partial charge on any atom is -0.346 e. The number of nitrogens with zero attached hydrogens (tertiary/aromatic N) is 6. The van der Waals surface area contributed by atoms with Gasteiger partial charge in [-0.05, 0) is 23.6 Å². The van der Waals surface area contributed by atoms with E-state index in [1.165, 1.54) is 11.1 Å². The predicted molar refractivity (Wildman–Crippen MR) is 124 cm³/mol. The summed E-state index contributed by atoms with van der Waals surface area (Å²) in [5.41, 5.74) is 3.80. The molecule has 1 unspecified atom stereocenters. The summed E-state index contributed by atoms with van der Waals surface area (Å²) in [5.74, 6) is 0.736. The number of pyridine rings is 1. The maximum absolute atomic E-state index is 12.8. The molecule has 0 bridgehead atoms. The molecule has 0 spiro atoms. The minimum atomic E-state index is -0.172. The van der Waals surface area contributed by atoms with E-state index >= 15 is 0 Å². The molecule has 0 saturated heterocycles. The number of hydrogen-bond donors (Lipinski definition) is 1. The van der Waals surface area contributed by atoms with Crippen molar-refractivity contribution in [2.45, 2.75) is 25.6 Å². The highest BCUT2D eigenvalue weighted by atomic mass is 16.1. The Bertz CT molecular complexity index is 1220. The van der Waals surface area contributed by atoms with Gasteiger partial charge in [-0.25, -0.2) is 4.98 Å². The largest absolute Gasteiger partial charge is 0.346 e. The van der Waals surface area contributed by atoms with Crippen LogP contribution in [0.15, 0.2) is 73.4 Å². The lowest BCUT2D eigenvalue weighted by Gasteiger charge is -2.36. The van der Waals surface area contributed by atoms with Crippen LogP contribution < -0.4 is 5.32 Å². The van der Waals surface area contributed by atoms with Crippen LogP contribution in [0.4, 0.5) is 0 Å². The van der Waals surface area contributed by atoms with Crippen LogP contribution in [0.1, 0.15) is 39.0 Å². The van der Waals surface area contributed by atoms with Crippen molar-refractivity contribution in [3.05, 3.63) is 102 Å². The Kier molecular flexibility index (Phi) is 5.99. The van der Waals surface area contributed by atoms with Crippen LogP contribution in [0, 0.1) is 0 Å². The fourth-order valence-corrected chi connectivity index (χ4v) is 4.36. The van der Waals surface area contributed by atoms with Gasteiger partial charge < -0.3 is 9.88 Å². The van der Waals surface area contributed by atoms with E-state index in [-0.39, 0.29) is 11.9 Å². The molecule has 5 rings (SSSR count). The Morgan fingerprint density at radius 1 is 1.06 bits per heavy atom. The second kappa shape index (κ2) is 9.38. The molecule has 1 amide bonds. The second-order valence-electron chi connectivity index (χ2n) is 8.34. The maximum Gasteiger partial charge on any atom is 0.271 e. The van der Waals surface area contributed by atoms with E-state index in [9.17, 15) is 4.79 Å². The Morgan fingerprint density at radius 3 is 2.70 bits per heavy atom. The van der Waals surface area contributed by atoms with E-state index in [1.807, 2.05) is 37.8 Å². The second-order valence-corrected chi connectivity index (χ2v) is 8.34. The smallest absolute Gasteiger partial charge is 0.271 e. The molecule has 4 aromatic rings. The van der Waals surface area contributed by atoms with Gasteiger partial charge in [0.25, 0.3) is 5.91 Å². The topological polar surface area (TPSA) is 80.9 Å². The summed E-state index contributed by atoms with van der Waals surface area (Å²) in [5, 5.41) is 7.11. The summed E-state index contributed by atoms with van der Waals surface area (Å²) >= 11 is 0. The van der Waals surface area contributed by atoms with Crippen molar-refractivity contribution in [2.24, 2.45) is 7.05 Å². The number of carbonyl (C=O) groups is 1. The van der Waals surface area contributed by atoms with E-state index in [0.717, 1.165) is 37.4 Å². The van der Waals surface area contributed by atoms with Gasteiger partial charge in [0.15, 0.2) is 0 Å². The first kappa shape index (κ1) is 21.1. The predicted octanol–water partition coefficient (Wildman–Crippen LogP) is 2.59. The van der Waals surface area contributed by atoms with E-state index < -0.39 is 0 Å². The van der Waals surface area contributed by atoms with Crippen molar-refractivity contribution < 1.29 is 4.79 Å². The van der Waals surface area contributed by atoms with Crippen LogP contribution in [-0.4, -0.2) is 48.2 Å². The first-order valence-electron chi connectivity index (χ1n) is 11.2. The number of aromatic nitrogens is 5. The fraction of sp³-hybridized carbons (Fsp3) is 0.280. The average Bonchev–Trinajstić information content (AvgIpc) is 3.48. The summed E-state index contributed by atoms with van der Waals surface area (Å²) in [6, 6.07) is 14.5. The highest BCUT2D eigenvalue weighted by Gasteiger charge is 2.31. The van der Waals surface area contributed by atoms with E-state index in [2.05, 4.69) is 55.2 Å². The summed E-state index contributed by atoms with van der Waals surface area (Å²) in [6.45, 7) is 3.00. The Balaban J connectivity index is 1.37. The molecule has 1 aliphatic rings. The van der Waals surface area contributed by atoms with Crippen molar-refractivity contribution in [3.8, 4) is 0 Å². The van der Waals surface area contributed by atoms with Gasteiger partial charge in [-0.1, -0.05) is 36.4 Å². The lowest BCUT2D eigenvalue weighted by molar-refractivity contribution is 0.0946. The zero-order valence-corrected chi connectivity index (χ0v) is 18.6. The Labute approximate surface area is 192 Å². The molecule has 0 saturated carbocycles. The van der Waals surface area contributed by atoms with Gasteiger partial charge >= 0.3 is 0 Å². The van der Waals surface area contributed by atoms with Gasteiger partial charge in [0, 0.05) is 63.6 Å². The number of nitrogens with one attached hydrogen (secondary N) is 1. The van der Waals surface area contributed by atoms with Crippen molar-refractivity contribution in [1.82, 2.24) is 34.5 Å². The standard InChI is InChI=1S/C25H27N7O/c1-30-17-20(16-28-30)15-27-25(33)22-18-32-13-12-31(11-9-19-6-5-10-26-14-19)23(24(32)29-22)21-7-3-2-4-8-21/h2-8,10,14,16-18,23H,9,11-13,15H2,1H3,(H,27,33). The summed E-state index contributed by atoms with van der Waals surface area (Å²) in [6.07, 6.45) is 10.2. The third-order valence-corrected chi connectivity index (χ3v) is 6.02. The van der Waals surface area contributed by atoms with Crippen LogP contribution in [0.2, 0.25) is 0 Å². The molecule has 8 nitrogen and oxygen atoms in total. The quantitative estimate of drug-likeness (QED) is 0.477. The van der Waals surface area contributed by atoms with Gasteiger partial charge in [-0.15, -0.1) is 0 Å². The molecule has 33 heavy (non-hydrogen) atoms. The van der Waals surface area contributed by atoms with Gasteiger partial charge in [-0.2, -0.15) is 5.10 Å². The third kappa shape index (κ3) is 4.70. The van der Waals surface area contributed by atoms with Crippen LogP contribution in [0.3, 0.4) is 0 Å². The minimum absolute atomic E-state index is 0.00325. The average molecular weight is 442 g/mol. The molecular weight excluding hydrogens is 414 g/mol. The summed E-state index contributed by atoms with van der Waals surface area (Å²) < 4.78 is 3.85. The molecule has 0 fully saturated rings. The number of imidazole rings is 1. The number of rotatable bonds is 7. The lowest BCUT2D eigenvalue weighted by Crippen LogP contribution is -2.40. The first-order chi connectivity index (χ1) is 16.2. The Morgan fingerprint density at radius 2 is 1.94 bits per heavy atom. The fourth-order valence-electron chi connectivity index (χ4n) is 4.36.